The van der Waals surface area contributed by atoms with Crippen molar-refractivity contribution in [2.45, 2.75) is 24.9 Å². The minimum Gasteiger partial charge on any atom is -0.477 e. The van der Waals surface area contributed by atoms with Crippen molar-refractivity contribution in [3.63, 3.8) is 0 Å². The number of thioether (sulfide) groups is 1. The van der Waals surface area contributed by atoms with E-state index in [0.29, 0.717) is 11.3 Å². The first-order chi connectivity index (χ1) is 16.9. The Morgan fingerprint density at radius 3 is 2.94 bits per heavy atom. The van der Waals surface area contributed by atoms with Crippen LogP contribution in [0, 0.1) is 0 Å². The Morgan fingerprint density at radius 2 is 2.23 bits per heavy atom. The largest absolute Gasteiger partial charge is 0.477 e. The monoisotopic (exact) mass is 516 g/mol. The maximum atomic E-state index is 13.0. The third kappa shape index (κ3) is 4.01. The van der Waals surface area contributed by atoms with Crippen LogP contribution in [-0.2, 0) is 25.8 Å². The van der Waals surface area contributed by atoms with Gasteiger partial charge in [-0.2, -0.15) is 0 Å². The summed E-state index contributed by atoms with van der Waals surface area (Å²) in [5.41, 5.74) is 7.03. The van der Waals surface area contributed by atoms with Gasteiger partial charge in [0.1, 0.15) is 29.4 Å². The zero-order valence-electron chi connectivity index (χ0n) is 18.3. The number of oxime groups is 1. The van der Waals surface area contributed by atoms with Crippen molar-refractivity contribution in [1.29, 1.82) is 0 Å². The number of β-lactam (4-membered cyclic amide) rings is 1. The Kier molecular flexibility index (Phi) is 5.94. The van der Waals surface area contributed by atoms with Gasteiger partial charge in [-0.25, -0.2) is 19.3 Å². The number of carboxylic acid groups (broad SMARTS) is 1. The van der Waals surface area contributed by atoms with Gasteiger partial charge in [0.15, 0.2) is 16.5 Å². The highest BCUT2D eigenvalue weighted by Gasteiger charge is 2.54. The second kappa shape index (κ2) is 9.07. The van der Waals surface area contributed by atoms with E-state index in [2.05, 4.69) is 20.4 Å². The number of thiazole rings is 1. The maximum absolute atomic E-state index is 13.0. The fourth-order valence-electron chi connectivity index (χ4n) is 3.94. The van der Waals surface area contributed by atoms with Crippen molar-refractivity contribution in [2.24, 2.45) is 5.16 Å². The van der Waals surface area contributed by atoms with E-state index >= 15 is 0 Å². The van der Waals surface area contributed by atoms with Crippen LogP contribution >= 0.6 is 23.1 Å². The molecule has 5 heterocycles. The summed E-state index contributed by atoms with van der Waals surface area (Å²) in [5.74, 6) is -2.00. The molecular formula is C20H20N8O5S2. The summed E-state index contributed by atoms with van der Waals surface area (Å²) in [4.78, 5) is 52.7. The van der Waals surface area contributed by atoms with E-state index in [1.807, 2.05) is 10.7 Å². The lowest BCUT2D eigenvalue weighted by Gasteiger charge is -2.49. The van der Waals surface area contributed by atoms with Gasteiger partial charge < -0.3 is 21.0 Å². The fourth-order valence-corrected chi connectivity index (χ4v) is 5.82. The van der Waals surface area contributed by atoms with Crippen molar-refractivity contribution in [3.05, 3.63) is 47.0 Å². The van der Waals surface area contributed by atoms with Crippen LogP contribution < -0.4 is 11.1 Å². The standard InChI is InChI=1S/C20H20N8O5S2/c1-2-33-25-13(11-9-35-20(21)23-11)16(29)24-14-17(30)28-15(19(31)32)10(8-34-18(14)28)7-26-5-3-12-22-4-6-27(12)26/h3-6,9,14,18H,2,7-8H2,1H3,(H2,21,23)(H,24,29)(H,31,32)/b25-13+/t14-,18-/m1/s1. The zero-order chi connectivity index (χ0) is 24.7. The lowest BCUT2D eigenvalue weighted by Crippen LogP contribution is -2.71. The molecule has 2 atom stereocenters. The normalized spacial score (nSPS) is 20.1. The highest BCUT2D eigenvalue weighted by molar-refractivity contribution is 8.00. The summed E-state index contributed by atoms with van der Waals surface area (Å²) in [6, 6.07) is 0.899. The van der Waals surface area contributed by atoms with Gasteiger partial charge in [-0.15, -0.1) is 23.1 Å². The number of rotatable bonds is 8. The first-order valence-corrected chi connectivity index (χ1v) is 12.4. The van der Waals surface area contributed by atoms with E-state index in [1.54, 1.807) is 35.4 Å². The van der Waals surface area contributed by atoms with E-state index in [1.165, 1.54) is 16.7 Å². The Bertz CT molecular complexity index is 1390. The third-order valence-electron chi connectivity index (χ3n) is 5.48. The van der Waals surface area contributed by atoms with Gasteiger partial charge in [0.2, 0.25) is 0 Å². The summed E-state index contributed by atoms with van der Waals surface area (Å²) >= 11 is 2.52. The number of imidazole rings is 1. The summed E-state index contributed by atoms with van der Waals surface area (Å²) in [7, 11) is 0. The Balaban J connectivity index is 1.36. The molecule has 0 bridgehead atoms. The third-order valence-corrected chi connectivity index (χ3v) is 7.49. The molecule has 4 N–H and O–H groups in total. The molecule has 0 aliphatic carbocycles. The summed E-state index contributed by atoms with van der Waals surface area (Å²) in [6.07, 6.45) is 5.23. The Labute approximate surface area is 206 Å². The first-order valence-electron chi connectivity index (χ1n) is 10.5. The van der Waals surface area contributed by atoms with Crippen molar-refractivity contribution < 1.29 is 24.3 Å². The topological polar surface area (TPSA) is 169 Å². The molecule has 1 fully saturated rings. The van der Waals surface area contributed by atoms with E-state index in [4.69, 9.17) is 10.6 Å². The van der Waals surface area contributed by atoms with Gasteiger partial charge in [0.05, 0.1) is 6.54 Å². The van der Waals surface area contributed by atoms with Crippen molar-refractivity contribution in [3.8, 4) is 0 Å². The van der Waals surface area contributed by atoms with Crippen LogP contribution in [0.5, 0.6) is 0 Å². The van der Waals surface area contributed by atoms with Crippen LogP contribution in [0.3, 0.4) is 0 Å². The quantitative estimate of drug-likeness (QED) is 0.217. The lowest BCUT2D eigenvalue weighted by atomic mass is 10.0. The van der Waals surface area contributed by atoms with Gasteiger partial charge in [0.25, 0.3) is 11.8 Å². The second-order valence-electron chi connectivity index (χ2n) is 7.59. The number of nitrogen functional groups attached to an aromatic ring is 1. The van der Waals surface area contributed by atoms with Crippen LogP contribution in [0.1, 0.15) is 12.6 Å². The number of carbonyl (C=O) groups excluding carboxylic acids is 2. The molecule has 0 spiro atoms. The predicted molar refractivity (Wildman–Crippen MR) is 128 cm³/mol. The highest BCUT2D eigenvalue weighted by atomic mass is 32.2. The summed E-state index contributed by atoms with van der Waals surface area (Å²) < 4.78 is 3.62. The molecule has 5 rings (SSSR count). The smallest absolute Gasteiger partial charge is 0.352 e. The molecule has 1 saturated heterocycles. The number of carbonyl (C=O) groups is 3. The predicted octanol–water partition coefficient (Wildman–Crippen LogP) is 0.354. The molecule has 15 heteroatoms. The van der Waals surface area contributed by atoms with Crippen molar-refractivity contribution in [1.82, 2.24) is 29.4 Å². The molecule has 13 nitrogen and oxygen atoms in total. The van der Waals surface area contributed by atoms with Gasteiger partial charge in [0, 0.05) is 35.8 Å². The average Bonchev–Trinajstić information content (AvgIpc) is 3.56. The molecule has 2 aliphatic rings. The van der Waals surface area contributed by atoms with E-state index in [9.17, 15) is 19.5 Å². The van der Waals surface area contributed by atoms with Crippen LogP contribution in [0.4, 0.5) is 5.13 Å². The summed E-state index contributed by atoms with van der Waals surface area (Å²) in [5, 5.41) is 17.7. The van der Waals surface area contributed by atoms with Crippen LogP contribution in [0.15, 0.2) is 46.5 Å². The molecule has 0 unspecified atom stereocenters. The minimum atomic E-state index is -1.20. The Hall–Kier alpha value is -3.85. The van der Waals surface area contributed by atoms with Gasteiger partial charge in [-0.05, 0) is 12.5 Å². The molecule has 2 amide bonds. The lowest BCUT2D eigenvalue weighted by molar-refractivity contribution is -0.150. The highest BCUT2D eigenvalue weighted by Crippen LogP contribution is 2.40. The number of hydrogen-bond acceptors (Lipinski definition) is 10. The first kappa shape index (κ1) is 22.9. The summed E-state index contributed by atoms with van der Waals surface area (Å²) in [6.45, 7) is 2.22. The average molecular weight is 517 g/mol. The number of aromatic nitrogens is 4. The van der Waals surface area contributed by atoms with Gasteiger partial charge in [-0.1, -0.05) is 5.16 Å². The number of carboxylic acids is 1. The number of nitrogens with zero attached hydrogens (tertiary/aromatic N) is 6. The van der Waals surface area contributed by atoms with E-state index < -0.39 is 29.2 Å². The number of hydrogen-bond donors (Lipinski definition) is 3. The second-order valence-corrected chi connectivity index (χ2v) is 9.58. The molecule has 0 aromatic carbocycles. The molecule has 2 aliphatic heterocycles. The Morgan fingerprint density at radius 1 is 1.40 bits per heavy atom. The zero-order valence-corrected chi connectivity index (χ0v) is 20.0. The SMILES string of the molecule is CCO/N=C(/C(=O)N[C@@H]1C(=O)N2C(C(=O)O)=C(Cn3ccc4nccn43)CS[C@H]12)c1csc(N)n1. The van der Waals surface area contributed by atoms with Crippen LogP contribution in [0.2, 0.25) is 0 Å². The number of amides is 2. The molecule has 3 aromatic heterocycles. The number of nitrogens with two attached hydrogens (primary N) is 1. The number of anilines is 1. The van der Waals surface area contributed by atoms with E-state index in [0.717, 1.165) is 17.0 Å². The number of aliphatic carboxylic acids is 1. The molecular weight excluding hydrogens is 496 g/mol. The molecule has 0 radical (unpaired) electrons. The molecule has 182 valence electrons. The van der Waals surface area contributed by atoms with Crippen molar-refractivity contribution in [2.75, 3.05) is 18.1 Å². The minimum absolute atomic E-state index is 0.0679. The van der Waals surface area contributed by atoms with Gasteiger partial charge in [-0.3, -0.25) is 19.2 Å². The van der Waals surface area contributed by atoms with E-state index in [-0.39, 0.29) is 35.4 Å². The number of fused-ring (bicyclic) bond motifs is 2. The maximum Gasteiger partial charge on any atom is 0.352 e. The van der Waals surface area contributed by atoms with Gasteiger partial charge >= 0.3 is 5.97 Å². The van der Waals surface area contributed by atoms with Crippen LogP contribution in [-0.4, -0.2) is 76.4 Å². The molecule has 3 aromatic rings. The molecule has 35 heavy (non-hydrogen) atoms. The number of nitrogens with one attached hydrogen (secondary N) is 1. The van der Waals surface area contributed by atoms with Crippen molar-refractivity contribution >= 4 is 57.4 Å². The van der Waals surface area contributed by atoms with Crippen LogP contribution in [0.25, 0.3) is 5.65 Å². The fraction of sp³-hybridized carbons (Fsp3) is 0.300. The molecule has 0 saturated carbocycles.